The zero-order valence-electron chi connectivity index (χ0n) is 15.7. The highest BCUT2D eigenvalue weighted by atomic mass is 32.1. The van der Waals surface area contributed by atoms with Crippen LogP contribution < -0.4 is 5.32 Å². The van der Waals surface area contributed by atoms with E-state index in [0.29, 0.717) is 13.0 Å². The number of thiophene rings is 1. The minimum atomic E-state index is -0.526. The van der Waals surface area contributed by atoms with Crippen molar-refractivity contribution in [3.63, 3.8) is 0 Å². The molecule has 2 amide bonds. The molecule has 2 fully saturated rings. The molecule has 1 N–H and O–H groups in total. The molecule has 27 heavy (non-hydrogen) atoms. The molecular formula is C22H26N2O2S. The summed E-state index contributed by atoms with van der Waals surface area (Å²) in [6.07, 6.45) is 4.40. The van der Waals surface area contributed by atoms with Gasteiger partial charge in [0, 0.05) is 30.9 Å². The van der Waals surface area contributed by atoms with E-state index in [1.54, 1.807) is 18.4 Å². The van der Waals surface area contributed by atoms with Gasteiger partial charge < -0.3 is 10.2 Å². The minimum absolute atomic E-state index is 0.0538. The van der Waals surface area contributed by atoms with Gasteiger partial charge in [-0.2, -0.15) is 0 Å². The van der Waals surface area contributed by atoms with Crippen molar-refractivity contribution >= 4 is 23.2 Å². The van der Waals surface area contributed by atoms with Crippen molar-refractivity contribution in [1.29, 1.82) is 0 Å². The maximum Gasteiger partial charge on any atom is 0.228 e. The number of likely N-dealkylation sites (tertiary alicyclic amines) is 1. The third kappa shape index (κ3) is 3.79. The summed E-state index contributed by atoms with van der Waals surface area (Å²) in [6, 6.07) is 12.7. The van der Waals surface area contributed by atoms with Crippen LogP contribution in [0.25, 0.3) is 10.4 Å². The molecule has 0 bridgehead atoms. The van der Waals surface area contributed by atoms with E-state index in [1.807, 2.05) is 4.90 Å². The molecule has 1 saturated heterocycles. The van der Waals surface area contributed by atoms with Gasteiger partial charge in [0.15, 0.2) is 0 Å². The van der Waals surface area contributed by atoms with Crippen molar-refractivity contribution in [2.24, 2.45) is 11.3 Å². The Balaban J connectivity index is 1.55. The molecular weight excluding hydrogens is 356 g/mol. The molecule has 0 spiro atoms. The second-order valence-corrected chi connectivity index (χ2v) is 8.80. The number of nitrogens with zero attached hydrogens (tertiary/aromatic N) is 1. The van der Waals surface area contributed by atoms with E-state index in [0.717, 1.165) is 37.8 Å². The van der Waals surface area contributed by atoms with Crippen molar-refractivity contribution in [2.75, 3.05) is 20.1 Å². The van der Waals surface area contributed by atoms with Gasteiger partial charge in [-0.15, -0.1) is 11.3 Å². The van der Waals surface area contributed by atoms with Gasteiger partial charge in [-0.05, 0) is 54.7 Å². The molecule has 1 aromatic carbocycles. The average Bonchev–Trinajstić information content (AvgIpc) is 3.41. The van der Waals surface area contributed by atoms with E-state index in [2.05, 4.69) is 47.1 Å². The Kier molecular flexibility index (Phi) is 5.04. The van der Waals surface area contributed by atoms with Crippen molar-refractivity contribution in [1.82, 2.24) is 10.2 Å². The van der Waals surface area contributed by atoms with E-state index < -0.39 is 5.41 Å². The maximum atomic E-state index is 12.9. The lowest BCUT2D eigenvalue weighted by Gasteiger charge is -2.41. The van der Waals surface area contributed by atoms with Crippen LogP contribution in [0.4, 0.5) is 0 Å². The molecule has 0 unspecified atom stereocenters. The number of hydrogen-bond donors (Lipinski definition) is 1. The zero-order valence-corrected chi connectivity index (χ0v) is 16.6. The molecule has 2 heterocycles. The molecule has 1 aliphatic heterocycles. The lowest BCUT2D eigenvalue weighted by atomic mass is 9.74. The van der Waals surface area contributed by atoms with Crippen molar-refractivity contribution in [3.05, 3.63) is 47.3 Å². The normalized spacial score (nSPS) is 22.5. The van der Waals surface area contributed by atoms with Crippen molar-refractivity contribution in [2.45, 2.75) is 32.1 Å². The monoisotopic (exact) mass is 382 g/mol. The standard InChI is InChI=1S/C22H26N2O2S/c1-23-21(26)22(11-3-12-24(15-22)20(25)18-9-10-18)14-16-5-7-17(8-6-16)19-4-2-13-27-19/h2,4-8,13,18H,3,9-12,14-15H2,1H3,(H,23,26)/t22-/m0/s1. The highest BCUT2D eigenvalue weighted by Crippen LogP contribution is 2.38. The fourth-order valence-electron chi connectivity index (χ4n) is 4.20. The number of nitrogens with one attached hydrogen (secondary N) is 1. The van der Waals surface area contributed by atoms with Gasteiger partial charge in [-0.25, -0.2) is 0 Å². The van der Waals surface area contributed by atoms with Gasteiger partial charge in [0.2, 0.25) is 11.8 Å². The summed E-state index contributed by atoms with van der Waals surface area (Å²) >= 11 is 1.73. The molecule has 1 atom stereocenters. The van der Waals surface area contributed by atoms with Crippen LogP contribution in [0.3, 0.4) is 0 Å². The van der Waals surface area contributed by atoms with Crippen LogP contribution in [0.2, 0.25) is 0 Å². The zero-order chi connectivity index (χ0) is 18.9. The van der Waals surface area contributed by atoms with Crippen LogP contribution in [-0.2, 0) is 16.0 Å². The minimum Gasteiger partial charge on any atom is -0.359 e. The Bertz CT molecular complexity index is 811. The van der Waals surface area contributed by atoms with Crippen LogP contribution in [0.1, 0.15) is 31.2 Å². The summed E-state index contributed by atoms with van der Waals surface area (Å²) in [4.78, 5) is 28.6. The lowest BCUT2D eigenvalue weighted by molar-refractivity contribution is -0.142. The molecule has 1 saturated carbocycles. The first-order valence-corrected chi connectivity index (χ1v) is 10.6. The van der Waals surface area contributed by atoms with Gasteiger partial charge in [-0.3, -0.25) is 9.59 Å². The van der Waals surface area contributed by atoms with Crippen LogP contribution in [0, 0.1) is 11.3 Å². The third-order valence-corrected chi connectivity index (χ3v) is 6.74. The number of hydrogen-bond acceptors (Lipinski definition) is 3. The highest BCUT2D eigenvalue weighted by Gasteiger charge is 2.45. The number of benzene rings is 1. The van der Waals surface area contributed by atoms with E-state index in [9.17, 15) is 9.59 Å². The second kappa shape index (κ2) is 7.47. The first-order valence-electron chi connectivity index (χ1n) is 9.75. The van der Waals surface area contributed by atoms with Crippen molar-refractivity contribution in [3.8, 4) is 10.4 Å². The summed E-state index contributed by atoms with van der Waals surface area (Å²) < 4.78 is 0. The number of carbonyl (C=O) groups is 2. The fraction of sp³-hybridized carbons (Fsp3) is 0.455. The van der Waals surface area contributed by atoms with Gasteiger partial charge >= 0.3 is 0 Å². The first kappa shape index (κ1) is 18.2. The quantitative estimate of drug-likeness (QED) is 0.857. The Hall–Kier alpha value is -2.14. The topological polar surface area (TPSA) is 49.4 Å². The molecule has 0 radical (unpaired) electrons. The highest BCUT2D eigenvalue weighted by molar-refractivity contribution is 7.13. The van der Waals surface area contributed by atoms with Crippen LogP contribution >= 0.6 is 11.3 Å². The van der Waals surface area contributed by atoms with E-state index in [-0.39, 0.29) is 17.7 Å². The molecule has 1 aliphatic carbocycles. The summed E-state index contributed by atoms with van der Waals surface area (Å²) in [7, 11) is 1.70. The van der Waals surface area contributed by atoms with Crippen LogP contribution in [0.15, 0.2) is 41.8 Å². The van der Waals surface area contributed by atoms with Crippen molar-refractivity contribution < 1.29 is 9.59 Å². The third-order valence-electron chi connectivity index (χ3n) is 5.83. The summed E-state index contributed by atoms with van der Waals surface area (Å²) in [5, 5.41) is 4.94. The SMILES string of the molecule is CNC(=O)[C@]1(Cc2ccc(-c3cccs3)cc2)CCCN(C(=O)C2CC2)C1. The number of amides is 2. The van der Waals surface area contributed by atoms with E-state index in [1.165, 1.54) is 10.4 Å². The van der Waals surface area contributed by atoms with Crippen LogP contribution in [-0.4, -0.2) is 36.9 Å². The summed E-state index contributed by atoms with van der Waals surface area (Å²) in [5.41, 5.74) is 1.83. The molecule has 1 aromatic heterocycles. The van der Waals surface area contributed by atoms with Gasteiger partial charge in [-0.1, -0.05) is 30.3 Å². The van der Waals surface area contributed by atoms with E-state index in [4.69, 9.17) is 0 Å². The number of carbonyl (C=O) groups excluding carboxylic acids is 2. The Morgan fingerprint density at radius 1 is 1.22 bits per heavy atom. The molecule has 142 valence electrons. The summed E-state index contributed by atoms with van der Waals surface area (Å²) in [6.45, 7) is 1.32. The molecule has 2 aromatic rings. The number of rotatable bonds is 5. The van der Waals surface area contributed by atoms with E-state index >= 15 is 0 Å². The Morgan fingerprint density at radius 2 is 2.00 bits per heavy atom. The van der Waals surface area contributed by atoms with Gasteiger partial charge in [0.05, 0.1) is 5.41 Å². The summed E-state index contributed by atoms with van der Waals surface area (Å²) in [5.74, 6) is 0.504. The molecule has 4 rings (SSSR count). The largest absolute Gasteiger partial charge is 0.359 e. The van der Waals surface area contributed by atoms with Gasteiger partial charge in [0.25, 0.3) is 0 Å². The molecule has 2 aliphatic rings. The molecule has 5 heteroatoms. The Morgan fingerprint density at radius 3 is 2.63 bits per heavy atom. The smallest absolute Gasteiger partial charge is 0.228 e. The van der Waals surface area contributed by atoms with Gasteiger partial charge in [0.1, 0.15) is 0 Å². The number of piperidine rings is 1. The average molecular weight is 383 g/mol. The predicted octanol–water partition coefficient (Wildman–Crippen LogP) is 3.72. The fourth-order valence-corrected chi connectivity index (χ4v) is 4.94. The lowest BCUT2D eigenvalue weighted by Crippen LogP contribution is -2.54. The maximum absolute atomic E-state index is 12.9. The van der Waals surface area contributed by atoms with Crippen LogP contribution in [0.5, 0.6) is 0 Å². The Labute approximate surface area is 164 Å². The predicted molar refractivity (Wildman–Crippen MR) is 108 cm³/mol. The molecule has 4 nitrogen and oxygen atoms in total. The first-order chi connectivity index (χ1) is 13.1. The second-order valence-electron chi connectivity index (χ2n) is 7.85.